The van der Waals surface area contributed by atoms with Crippen molar-refractivity contribution in [1.29, 1.82) is 0 Å². The lowest BCUT2D eigenvalue weighted by Gasteiger charge is -2.13. The monoisotopic (exact) mass is 369 g/mol. The molecule has 2 rings (SSSR count). The number of aryl methyl sites for hydroxylation is 1. The number of carbonyl (C=O) groups excluding carboxylic acids is 1. The zero-order valence-corrected chi connectivity index (χ0v) is 16.1. The molecule has 0 bridgehead atoms. The van der Waals surface area contributed by atoms with Crippen LogP contribution in [0.1, 0.15) is 37.7 Å². The van der Waals surface area contributed by atoms with E-state index in [1.807, 2.05) is 46.7 Å². The molecule has 1 aliphatic rings. The molecule has 1 aliphatic heterocycles. The highest BCUT2D eigenvalue weighted by atomic mass is 33.1. The van der Waals surface area contributed by atoms with Gasteiger partial charge in [-0.1, -0.05) is 34.1 Å². The normalized spacial score (nSPS) is 17.0. The molecule has 1 unspecified atom stereocenters. The Morgan fingerprint density at radius 1 is 1.33 bits per heavy atom. The molecule has 6 heteroatoms. The standard InChI is InChI=1S/C18H27NO3S2/c1-14-7-8-16(17(13-14)22-11-10-21-2)19-18(20)6-4-3-5-15-9-12-23-24-15/h7-8,13,15H,3-6,9-12H2,1-2H3,(H,19,20). The smallest absolute Gasteiger partial charge is 0.224 e. The van der Waals surface area contributed by atoms with E-state index in [1.165, 1.54) is 18.6 Å². The van der Waals surface area contributed by atoms with Gasteiger partial charge < -0.3 is 14.8 Å². The number of nitrogens with one attached hydrogen (secondary N) is 1. The number of anilines is 1. The Bertz CT molecular complexity index is 519. The Hall–Kier alpha value is -0.850. The molecule has 0 aliphatic carbocycles. The topological polar surface area (TPSA) is 47.6 Å². The van der Waals surface area contributed by atoms with E-state index < -0.39 is 0 Å². The van der Waals surface area contributed by atoms with Crippen molar-refractivity contribution in [3.8, 4) is 5.75 Å². The van der Waals surface area contributed by atoms with Gasteiger partial charge in [0.25, 0.3) is 0 Å². The molecular weight excluding hydrogens is 342 g/mol. The van der Waals surface area contributed by atoms with Gasteiger partial charge >= 0.3 is 0 Å². The van der Waals surface area contributed by atoms with Crippen molar-refractivity contribution in [2.24, 2.45) is 0 Å². The maximum atomic E-state index is 12.2. The third-order valence-corrected chi connectivity index (χ3v) is 6.87. The van der Waals surface area contributed by atoms with E-state index in [1.54, 1.807) is 7.11 Å². The van der Waals surface area contributed by atoms with Gasteiger partial charge in [0.2, 0.25) is 5.91 Å². The van der Waals surface area contributed by atoms with Crippen LogP contribution in [-0.4, -0.2) is 37.2 Å². The Morgan fingerprint density at radius 3 is 2.96 bits per heavy atom. The largest absolute Gasteiger partial charge is 0.489 e. The van der Waals surface area contributed by atoms with Crippen LogP contribution in [0.5, 0.6) is 5.75 Å². The second-order valence-corrected chi connectivity index (χ2v) is 8.75. The lowest BCUT2D eigenvalue weighted by molar-refractivity contribution is -0.116. The van der Waals surface area contributed by atoms with Crippen LogP contribution in [0.2, 0.25) is 0 Å². The molecule has 0 saturated carbocycles. The van der Waals surface area contributed by atoms with Crippen molar-refractivity contribution in [2.45, 2.75) is 44.3 Å². The van der Waals surface area contributed by atoms with E-state index in [4.69, 9.17) is 9.47 Å². The average Bonchev–Trinajstić information content (AvgIpc) is 3.08. The molecule has 134 valence electrons. The van der Waals surface area contributed by atoms with E-state index in [2.05, 4.69) is 5.32 Å². The van der Waals surface area contributed by atoms with Gasteiger partial charge in [0, 0.05) is 24.5 Å². The summed E-state index contributed by atoms with van der Waals surface area (Å²) in [7, 11) is 5.62. The van der Waals surface area contributed by atoms with Crippen molar-refractivity contribution in [3.05, 3.63) is 23.8 Å². The summed E-state index contributed by atoms with van der Waals surface area (Å²) in [5.41, 5.74) is 1.84. The minimum absolute atomic E-state index is 0.0592. The van der Waals surface area contributed by atoms with Crippen LogP contribution >= 0.6 is 21.6 Å². The van der Waals surface area contributed by atoms with Crippen molar-refractivity contribution in [1.82, 2.24) is 0 Å². The molecule has 0 radical (unpaired) electrons. The molecule has 1 atom stereocenters. The molecule has 1 aromatic rings. The summed E-state index contributed by atoms with van der Waals surface area (Å²) < 4.78 is 10.7. The number of hydrogen-bond acceptors (Lipinski definition) is 5. The number of hydrogen-bond donors (Lipinski definition) is 1. The lowest BCUT2D eigenvalue weighted by atomic mass is 10.1. The molecule has 0 spiro atoms. The molecule has 4 nitrogen and oxygen atoms in total. The summed E-state index contributed by atoms with van der Waals surface area (Å²) in [4.78, 5) is 12.2. The van der Waals surface area contributed by atoms with E-state index in [0.717, 1.165) is 29.3 Å². The Labute approximate surface area is 152 Å². The van der Waals surface area contributed by atoms with Gasteiger partial charge in [-0.15, -0.1) is 0 Å². The minimum atomic E-state index is 0.0592. The highest BCUT2D eigenvalue weighted by Gasteiger charge is 2.16. The number of methoxy groups -OCH3 is 1. The zero-order valence-electron chi connectivity index (χ0n) is 14.5. The number of carbonyl (C=O) groups is 1. The van der Waals surface area contributed by atoms with Gasteiger partial charge in [0.15, 0.2) is 0 Å². The molecular formula is C18H27NO3S2. The van der Waals surface area contributed by atoms with Crippen LogP contribution in [0.3, 0.4) is 0 Å². The van der Waals surface area contributed by atoms with Gasteiger partial charge in [-0.2, -0.15) is 0 Å². The summed E-state index contributed by atoms with van der Waals surface area (Å²) in [6, 6.07) is 5.83. The molecule has 1 amide bonds. The van der Waals surface area contributed by atoms with Crippen molar-refractivity contribution >= 4 is 33.2 Å². The van der Waals surface area contributed by atoms with Gasteiger partial charge in [-0.25, -0.2) is 0 Å². The van der Waals surface area contributed by atoms with Gasteiger partial charge in [-0.3, -0.25) is 4.79 Å². The first-order chi connectivity index (χ1) is 11.7. The fourth-order valence-electron chi connectivity index (χ4n) is 2.52. The molecule has 1 aromatic carbocycles. The van der Waals surface area contributed by atoms with Crippen LogP contribution in [0.15, 0.2) is 18.2 Å². The molecule has 1 saturated heterocycles. The summed E-state index contributed by atoms with van der Waals surface area (Å²) in [6.45, 7) is 3.01. The van der Waals surface area contributed by atoms with Gasteiger partial charge in [0.1, 0.15) is 12.4 Å². The zero-order chi connectivity index (χ0) is 17.2. The number of rotatable bonds is 10. The Balaban J connectivity index is 1.75. The highest BCUT2D eigenvalue weighted by molar-refractivity contribution is 8.77. The summed E-state index contributed by atoms with van der Waals surface area (Å²) in [5.74, 6) is 2.04. The van der Waals surface area contributed by atoms with E-state index in [9.17, 15) is 4.79 Å². The third kappa shape index (κ3) is 6.95. The van der Waals surface area contributed by atoms with E-state index >= 15 is 0 Å². The molecule has 24 heavy (non-hydrogen) atoms. The number of ether oxygens (including phenoxy) is 2. The van der Waals surface area contributed by atoms with Crippen LogP contribution in [-0.2, 0) is 9.53 Å². The molecule has 0 aromatic heterocycles. The van der Waals surface area contributed by atoms with Crippen LogP contribution < -0.4 is 10.1 Å². The van der Waals surface area contributed by atoms with E-state index in [-0.39, 0.29) is 5.91 Å². The summed E-state index contributed by atoms with van der Waals surface area (Å²) in [5, 5.41) is 3.77. The van der Waals surface area contributed by atoms with Crippen molar-refractivity contribution < 1.29 is 14.3 Å². The Kier molecular flexibility index (Phi) is 8.84. The Morgan fingerprint density at radius 2 is 2.21 bits per heavy atom. The molecule has 1 heterocycles. The number of amides is 1. The fraction of sp³-hybridized carbons (Fsp3) is 0.611. The summed E-state index contributed by atoms with van der Waals surface area (Å²) in [6.07, 6.45) is 5.17. The predicted molar refractivity (Wildman–Crippen MR) is 104 cm³/mol. The minimum Gasteiger partial charge on any atom is -0.489 e. The van der Waals surface area contributed by atoms with Crippen LogP contribution in [0, 0.1) is 6.92 Å². The van der Waals surface area contributed by atoms with E-state index in [0.29, 0.717) is 25.4 Å². The fourth-order valence-corrected chi connectivity index (χ4v) is 5.55. The first-order valence-corrected chi connectivity index (χ1v) is 10.9. The van der Waals surface area contributed by atoms with Crippen molar-refractivity contribution in [2.75, 3.05) is 31.4 Å². The predicted octanol–water partition coefficient (Wildman–Crippen LogP) is 4.67. The molecule has 1 N–H and O–H groups in total. The SMILES string of the molecule is COCCOc1cc(C)ccc1NC(=O)CCCCC1CCSS1. The van der Waals surface area contributed by atoms with Gasteiger partial charge in [0.05, 0.1) is 12.3 Å². The quantitative estimate of drug-likeness (QED) is 0.479. The average molecular weight is 370 g/mol. The number of benzene rings is 1. The number of unbranched alkanes of at least 4 members (excludes halogenated alkanes) is 1. The molecule has 1 fully saturated rings. The lowest BCUT2D eigenvalue weighted by Crippen LogP contribution is -2.13. The third-order valence-electron chi connectivity index (χ3n) is 3.86. The van der Waals surface area contributed by atoms with Crippen molar-refractivity contribution in [3.63, 3.8) is 0 Å². The first kappa shape index (κ1) is 19.5. The second-order valence-electron chi connectivity index (χ2n) is 5.96. The second kappa shape index (κ2) is 10.9. The van der Waals surface area contributed by atoms with Crippen LogP contribution in [0.25, 0.3) is 0 Å². The van der Waals surface area contributed by atoms with Crippen LogP contribution in [0.4, 0.5) is 5.69 Å². The first-order valence-electron chi connectivity index (χ1n) is 8.49. The summed E-state index contributed by atoms with van der Waals surface area (Å²) >= 11 is 0. The highest BCUT2D eigenvalue weighted by Crippen LogP contribution is 2.39. The maximum absolute atomic E-state index is 12.2. The maximum Gasteiger partial charge on any atom is 0.224 e. The van der Waals surface area contributed by atoms with Gasteiger partial charge in [-0.05, 0) is 43.9 Å².